The minimum absolute atomic E-state index is 0.0399. The second kappa shape index (κ2) is 10.6. The molecule has 4 rings (SSSR count). The molecule has 14 heteroatoms. The smallest absolute Gasteiger partial charge is 0.435 e. The van der Waals surface area contributed by atoms with Crippen LogP contribution in [0.15, 0.2) is 72.9 Å². The van der Waals surface area contributed by atoms with E-state index < -0.39 is 36.1 Å². The Morgan fingerprint density at radius 3 is 2.37 bits per heavy atom. The number of halogens is 7. The number of carbonyl (C=O) groups excluding carboxylic acids is 1. The van der Waals surface area contributed by atoms with Gasteiger partial charge in [0.15, 0.2) is 12.3 Å². The van der Waals surface area contributed by atoms with Crippen molar-refractivity contribution in [1.82, 2.24) is 14.8 Å². The lowest BCUT2D eigenvalue weighted by atomic mass is 10.2. The molecule has 0 aliphatic heterocycles. The number of aromatic nitrogens is 3. The number of rotatable bonds is 7. The molecule has 1 N–H and O–H groups in total. The number of amides is 1. The third-order valence-corrected chi connectivity index (χ3v) is 5.12. The zero-order valence-electron chi connectivity index (χ0n) is 18.8. The molecule has 198 valence electrons. The molecule has 2 heterocycles. The summed E-state index contributed by atoms with van der Waals surface area (Å²) in [7, 11) is 0. The Bertz CT molecular complexity index is 1440. The maximum Gasteiger partial charge on any atom is 0.435 e. The van der Waals surface area contributed by atoms with Crippen LogP contribution in [-0.2, 0) is 17.1 Å². The maximum absolute atomic E-state index is 13.2. The standard InChI is InChI=1S/C24H15ClF6N4O3/c25-17-6-1-2-7-18(17)35-22(11-19(34-35)24(29,30)31)37-13-20(36)33-15-8-9-21(32-12-15)38-16-5-3-4-14(10-16)23(26,27)28/h1-12H,13H2,(H,33,36). The van der Waals surface area contributed by atoms with Gasteiger partial charge in [0.1, 0.15) is 5.75 Å². The average Bonchev–Trinajstić information content (AvgIpc) is 3.29. The third kappa shape index (κ3) is 6.54. The van der Waals surface area contributed by atoms with Crippen molar-refractivity contribution in [2.24, 2.45) is 0 Å². The second-order valence-electron chi connectivity index (χ2n) is 7.58. The minimum Gasteiger partial charge on any atom is -0.467 e. The number of carbonyl (C=O) groups is 1. The minimum atomic E-state index is -4.77. The van der Waals surface area contributed by atoms with Gasteiger partial charge in [-0.25, -0.2) is 4.98 Å². The van der Waals surface area contributed by atoms with Crippen LogP contribution in [0.4, 0.5) is 32.0 Å². The quantitative estimate of drug-likeness (QED) is 0.254. The molecule has 0 saturated carbocycles. The number of anilines is 1. The molecular weight excluding hydrogens is 542 g/mol. The van der Waals surface area contributed by atoms with E-state index in [4.69, 9.17) is 21.1 Å². The number of nitrogens with zero attached hydrogens (tertiary/aromatic N) is 3. The van der Waals surface area contributed by atoms with Crippen LogP contribution in [0.2, 0.25) is 5.02 Å². The van der Waals surface area contributed by atoms with Crippen molar-refractivity contribution in [2.45, 2.75) is 12.4 Å². The maximum atomic E-state index is 13.2. The molecule has 1 amide bonds. The van der Waals surface area contributed by atoms with Crippen molar-refractivity contribution < 1.29 is 40.6 Å². The number of hydrogen-bond acceptors (Lipinski definition) is 5. The first kappa shape index (κ1) is 26.8. The molecule has 0 spiro atoms. The number of ether oxygens (including phenoxy) is 2. The van der Waals surface area contributed by atoms with Gasteiger partial charge in [0, 0.05) is 12.1 Å². The summed E-state index contributed by atoms with van der Waals surface area (Å²) in [5.74, 6) is -1.24. The fourth-order valence-corrected chi connectivity index (χ4v) is 3.33. The predicted molar refractivity (Wildman–Crippen MR) is 123 cm³/mol. The van der Waals surface area contributed by atoms with Crippen LogP contribution in [-0.4, -0.2) is 27.3 Å². The fourth-order valence-electron chi connectivity index (χ4n) is 3.11. The van der Waals surface area contributed by atoms with Crippen LogP contribution in [0.25, 0.3) is 5.69 Å². The lowest BCUT2D eigenvalue weighted by Gasteiger charge is -2.11. The zero-order valence-corrected chi connectivity index (χ0v) is 19.6. The van der Waals surface area contributed by atoms with Gasteiger partial charge < -0.3 is 14.8 Å². The first-order valence-corrected chi connectivity index (χ1v) is 10.9. The molecule has 0 bridgehead atoms. The SMILES string of the molecule is O=C(COc1cc(C(F)(F)F)nn1-c1ccccc1Cl)Nc1ccc(Oc2cccc(C(F)(F)F)c2)nc1. The average molecular weight is 557 g/mol. The summed E-state index contributed by atoms with van der Waals surface area (Å²) >= 11 is 6.07. The van der Waals surface area contributed by atoms with Crippen molar-refractivity contribution >= 4 is 23.2 Å². The summed E-state index contributed by atoms with van der Waals surface area (Å²) < 4.78 is 89.6. The first-order chi connectivity index (χ1) is 17.9. The normalized spacial score (nSPS) is 11.8. The van der Waals surface area contributed by atoms with Gasteiger partial charge in [-0.3, -0.25) is 4.79 Å². The second-order valence-corrected chi connectivity index (χ2v) is 7.99. The third-order valence-electron chi connectivity index (χ3n) is 4.80. The van der Waals surface area contributed by atoms with Gasteiger partial charge >= 0.3 is 12.4 Å². The summed E-state index contributed by atoms with van der Waals surface area (Å²) in [6, 6.07) is 13.5. The van der Waals surface area contributed by atoms with E-state index in [1.165, 1.54) is 42.6 Å². The van der Waals surface area contributed by atoms with E-state index in [0.717, 1.165) is 16.8 Å². The molecule has 0 saturated heterocycles. The molecule has 0 radical (unpaired) electrons. The molecule has 2 aromatic carbocycles. The lowest BCUT2D eigenvalue weighted by Crippen LogP contribution is -2.21. The molecule has 0 aliphatic carbocycles. The zero-order chi connectivity index (χ0) is 27.5. The van der Waals surface area contributed by atoms with Crippen molar-refractivity contribution in [3.8, 4) is 23.2 Å². The van der Waals surface area contributed by atoms with E-state index in [2.05, 4.69) is 15.4 Å². The highest BCUT2D eigenvalue weighted by atomic mass is 35.5. The lowest BCUT2D eigenvalue weighted by molar-refractivity contribution is -0.141. The van der Waals surface area contributed by atoms with Crippen LogP contribution in [0.5, 0.6) is 17.5 Å². The first-order valence-electron chi connectivity index (χ1n) is 10.6. The van der Waals surface area contributed by atoms with E-state index in [-0.39, 0.29) is 33.9 Å². The van der Waals surface area contributed by atoms with Crippen LogP contribution < -0.4 is 14.8 Å². The Morgan fingerprint density at radius 2 is 1.71 bits per heavy atom. The van der Waals surface area contributed by atoms with E-state index in [1.807, 2.05) is 0 Å². The molecule has 0 unspecified atom stereocenters. The number of para-hydroxylation sites is 1. The van der Waals surface area contributed by atoms with E-state index in [9.17, 15) is 31.1 Å². The Balaban J connectivity index is 1.41. The van der Waals surface area contributed by atoms with Crippen molar-refractivity contribution in [3.63, 3.8) is 0 Å². The van der Waals surface area contributed by atoms with Gasteiger partial charge in [-0.1, -0.05) is 29.8 Å². The topological polar surface area (TPSA) is 78.3 Å². The van der Waals surface area contributed by atoms with E-state index >= 15 is 0 Å². The van der Waals surface area contributed by atoms with Crippen molar-refractivity contribution in [3.05, 3.63) is 89.2 Å². The van der Waals surface area contributed by atoms with Crippen LogP contribution in [0.3, 0.4) is 0 Å². The Hall–Kier alpha value is -4.26. The van der Waals surface area contributed by atoms with Crippen LogP contribution in [0, 0.1) is 0 Å². The Morgan fingerprint density at radius 1 is 0.947 bits per heavy atom. The number of nitrogens with one attached hydrogen (secondary N) is 1. The Kier molecular flexibility index (Phi) is 7.49. The molecule has 7 nitrogen and oxygen atoms in total. The van der Waals surface area contributed by atoms with Gasteiger partial charge in [0.25, 0.3) is 5.91 Å². The fraction of sp³-hybridized carbons (Fsp3) is 0.125. The van der Waals surface area contributed by atoms with Gasteiger partial charge in [0.05, 0.1) is 28.2 Å². The summed E-state index contributed by atoms with van der Waals surface area (Å²) in [4.78, 5) is 16.3. The van der Waals surface area contributed by atoms with Crippen LogP contribution in [0.1, 0.15) is 11.3 Å². The molecule has 0 aliphatic rings. The molecule has 0 fully saturated rings. The molecule has 38 heavy (non-hydrogen) atoms. The number of benzene rings is 2. The van der Waals surface area contributed by atoms with Crippen LogP contribution >= 0.6 is 11.6 Å². The highest BCUT2D eigenvalue weighted by Crippen LogP contribution is 2.34. The summed E-state index contributed by atoms with van der Waals surface area (Å²) in [5, 5.41) is 6.04. The number of hydrogen-bond donors (Lipinski definition) is 1. The summed E-state index contributed by atoms with van der Waals surface area (Å²) in [5.41, 5.74) is -1.85. The summed E-state index contributed by atoms with van der Waals surface area (Å²) in [6.45, 7) is -0.685. The van der Waals surface area contributed by atoms with Gasteiger partial charge in [-0.05, 0) is 36.4 Å². The van der Waals surface area contributed by atoms with Gasteiger partial charge in [0.2, 0.25) is 11.8 Å². The molecular formula is C24H15ClF6N4O3. The van der Waals surface area contributed by atoms with Crippen molar-refractivity contribution in [2.75, 3.05) is 11.9 Å². The Labute approximate surface area is 215 Å². The highest BCUT2D eigenvalue weighted by Gasteiger charge is 2.36. The summed E-state index contributed by atoms with van der Waals surface area (Å²) in [6.07, 6.45) is -8.13. The monoisotopic (exact) mass is 556 g/mol. The molecule has 0 atom stereocenters. The number of pyridine rings is 1. The highest BCUT2D eigenvalue weighted by molar-refractivity contribution is 6.32. The van der Waals surface area contributed by atoms with Gasteiger partial charge in [-0.2, -0.15) is 36.1 Å². The molecule has 2 aromatic heterocycles. The molecule has 4 aromatic rings. The van der Waals surface area contributed by atoms with E-state index in [1.54, 1.807) is 12.1 Å². The van der Waals surface area contributed by atoms with Crippen molar-refractivity contribution in [1.29, 1.82) is 0 Å². The largest absolute Gasteiger partial charge is 0.467 e. The van der Waals surface area contributed by atoms with E-state index in [0.29, 0.717) is 6.07 Å². The predicted octanol–water partition coefficient (Wildman–Crippen LogP) is 6.77. The number of alkyl halides is 6. The van der Waals surface area contributed by atoms with Gasteiger partial charge in [-0.15, -0.1) is 0 Å².